The van der Waals surface area contributed by atoms with Crippen LogP contribution in [0.1, 0.15) is 11.1 Å². The van der Waals surface area contributed by atoms with Gasteiger partial charge in [-0.2, -0.15) is 10.5 Å². The Morgan fingerprint density at radius 2 is 1.77 bits per heavy atom. The molecule has 0 heterocycles. The highest BCUT2D eigenvalue weighted by Crippen LogP contribution is 2.25. The Bertz CT molecular complexity index is 876. The number of nitrogens with zero attached hydrogens (tertiary/aromatic N) is 2. The molecule has 0 aromatic heterocycles. The van der Waals surface area contributed by atoms with E-state index in [1.165, 1.54) is 24.3 Å². The van der Waals surface area contributed by atoms with Crippen LogP contribution in [0.2, 0.25) is 0 Å². The number of aryl methyl sites for hydroxylation is 1. The summed E-state index contributed by atoms with van der Waals surface area (Å²) in [7, 11) is -3.72. The first kappa shape index (κ1) is 15.9. The van der Waals surface area contributed by atoms with Gasteiger partial charge in [-0.1, -0.05) is 0 Å². The zero-order valence-electron chi connectivity index (χ0n) is 11.6. The Morgan fingerprint density at radius 3 is 2.32 bits per heavy atom. The minimum absolute atomic E-state index is 0.0846. The molecule has 0 aliphatic carbocycles. The summed E-state index contributed by atoms with van der Waals surface area (Å²) < 4.78 is 27.1. The van der Waals surface area contributed by atoms with E-state index < -0.39 is 10.0 Å². The van der Waals surface area contributed by atoms with Crippen LogP contribution in [-0.2, 0) is 10.0 Å². The second kappa shape index (κ2) is 6.52. The number of nitrogens with one attached hydrogen (secondary N) is 1. The molecule has 1 N–H and O–H groups in total. The van der Waals surface area contributed by atoms with Crippen molar-refractivity contribution in [3.8, 4) is 11.5 Å². The van der Waals surface area contributed by atoms with Gasteiger partial charge in [0.25, 0.3) is 10.0 Å². The highest BCUT2D eigenvalue weighted by Gasteiger charge is 2.15. The van der Waals surface area contributed by atoms with Crippen LogP contribution >= 0.6 is 11.8 Å². The molecule has 7 heteroatoms. The van der Waals surface area contributed by atoms with Crippen LogP contribution in [0.4, 0.5) is 5.69 Å². The maximum Gasteiger partial charge on any atom is 0.261 e. The Labute approximate surface area is 133 Å². The number of hydrogen-bond donors (Lipinski definition) is 1. The van der Waals surface area contributed by atoms with Crippen molar-refractivity contribution in [2.24, 2.45) is 0 Å². The van der Waals surface area contributed by atoms with Crippen LogP contribution in [0.15, 0.2) is 52.3 Å². The topological polar surface area (TPSA) is 93.8 Å². The molecule has 0 fully saturated rings. The van der Waals surface area contributed by atoms with E-state index in [2.05, 4.69) is 4.72 Å². The van der Waals surface area contributed by atoms with Gasteiger partial charge >= 0.3 is 0 Å². The molecule has 0 aliphatic rings. The molecule has 22 heavy (non-hydrogen) atoms. The molecule has 0 unspecified atom stereocenters. The van der Waals surface area contributed by atoms with Gasteiger partial charge in [-0.3, -0.25) is 4.72 Å². The molecule has 0 saturated heterocycles. The molecule has 5 nitrogen and oxygen atoms in total. The third kappa shape index (κ3) is 3.59. The number of thiocyanates is 1. The van der Waals surface area contributed by atoms with Crippen LogP contribution in [-0.4, -0.2) is 8.42 Å². The highest BCUT2D eigenvalue weighted by atomic mass is 32.2. The molecule has 0 saturated carbocycles. The fourth-order valence-corrected chi connectivity index (χ4v) is 3.39. The van der Waals surface area contributed by atoms with Crippen LogP contribution in [0.25, 0.3) is 0 Å². The second-order valence-electron chi connectivity index (χ2n) is 4.41. The Hall–Kier alpha value is -2.48. The van der Waals surface area contributed by atoms with Crippen molar-refractivity contribution in [3.05, 3.63) is 53.6 Å². The normalized spacial score (nSPS) is 10.5. The Balaban J connectivity index is 2.29. The summed E-state index contributed by atoms with van der Waals surface area (Å²) >= 11 is 1.01. The second-order valence-corrected chi connectivity index (χ2v) is 6.95. The van der Waals surface area contributed by atoms with Crippen molar-refractivity contribution >= 4 is 27.5 Å². The molecule has 2 rings (SSSR count). The lowest BCUT2D eigenvalue weighted by Gasteiger charge is -2.11. The van der Waals surface area contributed by atoms with Gasteiger partial charge in [-0.05, 0) is 66.7 Å². The molecular weight excluding hydrogens is 318 g/mol. The monoisotopic (exact) mass is 329 g/mol. The van der Waals surface area contributed by atoms with E-state index in [4.69, 9.17) is 10.5 Å². The fourth-order valence-electron chi connectivity index (χ4n) is 1.78. The van der Waals surface area contributed by atoms with Gasteiger partial charge < -0.3 is 0 Å². The van der Waals surface area contributed by atoms with Crippen molar-refractivity contribution in [1.82, 2.24) is 0 Å². The van der Waals surface area contributed by atoms with Gasteiger partial charge in [0, 0.05) is 4.90 Å². The average molecular weight is 329 g/mol. The van der Waals surface area contributed by atoms with E-state index in [1.807, 2.05) is 11.5 Å². The van der Waals surface area contributed by atoms with Crippen molar-refractivity contribution in [1.29, 1.82) is 10.5 Å². The number of hydrogen-bond acceptors (Lipinski definition) is 5. The minimum atomic E-state index is -3.72. The van der Waals surface area contributed by atoms with E-state index in [0.29, 0.717) is 11.3 Å². The first-order valence-electron chi connectivity index (χ1n) is 6.16. The highest BCUT2D eigenvalue weighted by molar-refractivity contribution is 8.03. The summed E-state index contributed by atoms with van der Waals surface area (Å²) in [4.78, 5) is 0.836. The summed E-state index contributed by atoms with van der Waals surface area (Å²) in [5.74, 6) is 0. The number of sulfonamides is 1. The van der Waals surface area contributed by atoms with Crippen LogP contribution in [0.5, 0.6) is 0 Å². The van der Waals surface area contributed by atoms with E-state index in [0.717, 1.165) is 22.2 Å². The number of nitriles is 2. The molecule has 2 aromatic rings. The lowest BCUT2D eigenvalue weighted by molar-refractivity contribution is 0.601. The van der Waals surface area contributed by atoms with Gasteiger partial charge in [0.05, 0.1) is 22.2 Å². The predicted molar refractivity (Wildman–Crippen MR) is 84.6 cm³/mol. The minimum Gasteiger partial charge on any atom is -0.279 e. The molecular formula is C15H11N3O2S2. The van der Waals surface area contributed by atoms with Gasteiger partial charge in [-0.25, -0.2) is 8.42 Å². The molecule has 2 aromatic carbocycles. The van der Waals surface area contributed by atoms with Gasteiger partial charge in [0.2, 0.25) is 0 Å². The average Bonchev–Trinajstić information content (AvgIpc) is 2.50. The van der Waals surface area contributed by atoms with E-state index >= 15 is 0 Å². The standard InChI is InChI=1S/C15H11N3O2S2/c1-11-8-13(21-10-17)4-7-15(11)18-22(19,20)14-5-2-12(9-16)3-6-14/h2-8,18H,1H3. The number of rotatable bonds is 4. The lowest BCUT2D eigenvalue weighted by atomic mass is 10.2. The third-order valence-electron chi connectivity index (χ3n) is 2.90. The third-order valence-corrected chi connectivity index (χ3v) is 4.86. The van der Waals surface area contributed by atoms with Gasteiger partial charge in [0.1, 0.15) is 5.40 Å². The molecule has 0 aliphatic heterocycles. The molecule has 0 amide bonds. The SMILES string of the molecule is Cc1cc(SC#N)ccc1NS(=O)(=O)c1ccc(C#N)cc1. The Morgan fingerprint density at radius 1 is 1.09 bits per heavy atom. The van der Waals surface area contributed by atoms with Gasteiger partial charge in [0.15, 0.2) is 0 Å². The molecule has 0 bridgehead atoms. The van der Waals surface area contributed by atoms with Crippen LogP contribution in [0, 0.1) is 28.9 Å². The van der Waals surface area contributed by atoms with Crippen molar-refractivity contribution < 1.29 is 8.42 Å². The zero-order chi connectivity index (χ0) is 16.2. The molecule has 0 spiro atoms. The maximum absolute atomic E-state index is 12.3. The summed E-state index contributed by atoms with van der Waals surface area (Å²) in [6.07, 6.45) is 0. The van der Waals surface area contributed by atoms with Crippen LogP contribution in [0.3, 0.4) is 0 Å². The summed E-state index contributed by atoms with van der Waals surface area (Å²) in [5, 5.41) is 19.3. The summed E-state index contributed by atoms with van der Waals surface area (Å²) in [6, 6.07) is 12.7. The Kier molecular flexibility index (Phi) is 4.71. The fraction of sp³-hybridized carbons (Fsp3) is 0.0667. The van der Waals surface area contributed by atoms with Crippen molar-refractivity contribution in [2.45, 2.75) is 16.7 Å². The largest absolute Gasteiger partial charge is 0.279 e. The molecule has 0 radical (unpaired) electrons. The van der Waals surface area contributed by atoms with Gasteiger partial charge in [-0.15, -0.1) is 0 Å². The first-order valence-corrected chi connectivity index (χ1v) is 8.46. The van der Waals surface area contributed by atoms with Crippen molar-refractivity contribution in [3.63, 3.8) is 0 Å². The van der Waals surface area contributed by atoms with Crippen LogP contribution < -0.4 is 4.72 Å². The number of benzene rings is 2. The summed E-state index contributed by atoms with van der Waals surface area (Å²) in [5.41, 5.74) is 1.57. The maximum atomic E-state index is 12.3. The smallest absolute Gasteiger partial charge is 0.261 e. The van der Waals surface area contributed by atoms with E-state index in [1.54, 1.807) is 25.1 Å². The quantitative estimate of drug-likeness (QED) is 0.686. The van der Waals surface area contributed by atoms with Crippen molar-refractivity contribution in [2.75, 3.05) is 4.72 Å². The number of anilines is 1. The number of thioether (sulfide) groups is 1. The van der Waals surface area contributed by atoms with E-state index in [-0.39, 0.29) is 4.90 Å². The lowest BCUT2D eigenvalue weighted by Crippen LogP contribution is -2.13. The predicted octanol–water partition coefficient (Wildman–Crippen LogP) is 3.24. The zero-order valence-corrected chi connectivity index (χ0v) is 13.2. The van der Waals surface area contributed by atoms with E-state index in [9.17, 15) is 8.42 Å². The summed E-state index contributed by atoms with van der Waals surface area (Å²) in [6.45, 7) is 1.76. The molecule has 0 atom stereocenters. The first-order chi connectivity index (χ1) is 10.5. The molecule has 110 valence electrons.